The SMILES string of the molecule is C=CC(C)=O.CCc1ccccc1. The molecule has 0 aromatic heterocycles. The highest BCUT2D eigenvalue weighted by Gasteiger charge is 1.79. The highest BCUT2D eigenvalue weighted by atomic mass is 16.1. The molecule has 0 unspecified atom stereocenters. The van der Waals surface area contributed by atoms with Crippen LogP contribution >= 0.6 is 0 Å². The van der Waals surface area contributed by atoms with Gasteiger partial charge in [0, 0.05) is 0 Å². The van der Waals surface area contributed by atoms with Crippen LogP contribution in [-0.4, -0.2) is 5.78 Å². The van der Waals surface area contributed by atoms with Crippen molar-refractivity contribution in [3.8, 4) is 0 Å². The zero-order valence-corrected chi connectivity index (χ0v) is 8.29. The van der Waals surface area contributed by atoms with Gasteiger partial charge in [0.25, 0.3) is 0 Å². The molecule has 0 N–H and O–H groups in total. The summed E-state index contributed by atoms with van der Waals surface area (Å²) in [6.45, 7) is 6.84. The van der Waals surface area contributed by atoms with Gasteiger partial charge >= 0.3 is 0 Å². The van der Waals surface area contributed by atoms with E-state index in [1.165, 1.54) is 18.6 Å². The summed E-state index contributed by atoms with van der Waals surface area (Å²) in [5, 5.41) is 0. The Morgan fingerprint density at radius 1 is 1.38 bits per heavy atom. The van der Waals surface area contributed by atoms with Crippen LogP contribution in [0.4, 0.5) is 0 Å². The minimum atomic E-state index is 0.0185. The van der Waals surface area contributed by atoms with Gasteiger partial charge in [-0.1, -0.05) is 43.8 Å². The Hall–Kier alpha value is -1.37. The predicted octanol–water partition coefficient (Wildman–Crippen LogP) is 3.01. The summed E-state index contributed by atoms with van der Waals surface area (Å²) < 4.78 is 0. The Kier molecular flexibility index (Phi) is 6.52. The largest absolute Gasteiger partial charge is 0.295 e. The minimum Gasteiger partial charge on any atom is -0.295 e. The molecule has 0 bridgehead atoms. The summed E-state index contributed by atoms with van der Waals surface area (Å²) in [5.74, 6) is 0.0185. The third kappa shape index (κ3) is 7.01. The van der Waals surface area contributed by atoms with Gasteiger partial charge in [-0.05, 0) is 25.0 Å². The van der Waals surface area contributed by atoms with Crippen LogP contribution in [0, 0.1) is 0 Å². The standard InChI is InChI=1S/C8H10.C4H6O/c1-2-8-6-4-3-5-7-8;1-3-4(2)5/h3-7H,2H2,1H3;3H,1H2,2H3. The van der Waals surface area contributed by atoms with Gasteiger partial charge in [-0.25, -0.2) is 0 Å². The van der Waals surface area contributed by atoms with E-state index in [1.54, 1.807) is 0 Å². The average Bonchev–Trinajstić information content (AvgIpc) is 2.20. The number of allylic oxidation sites excluding steroid dienone is 1. The Labute approximate surface area is 80.1 Å². The van der Waals surface area contributed by atoms with E-state index in [-0.39, 0.29) is 5.78 Å². The lowest BCUT2D eigenvalue weighted by molar-refractivity contribution is -0.112. The van der Waals surface area contributed by atoms with Gasteiger partial charge in [-0.3, -0.25) is 4.79 Å². The monoisotopic (exact) mass is 176 g/mol. The number of hydrogen-bond donors (Lipinski definition) is 0. The highest BCUT2D eigenvalue weighted by molar-refractivity contribution is 5.86. The van der Waals surface area contributed by atoms with E-state index in [1.807, 2.05) is 6.07 Å². The van der Waals surface area contributed by atoms with Crippen LogP contribution in [-0.2, 0) is 11.2 Å². The number of rotatable bonds is 2. The normalized spacial score (nSPS) is 8.15. The molecular formula is C12H16O. The first-order valence-corrected chi connectivity index (χ1v) is 4.37. The Bertz CT molecular complexity index is 249. The van der Waals surface area contributed by atoms with Gasteiger partial charge in [0.1, 0.15) is 0 Å². The van der Waals surface area contributed by atoms with Crippen molar-refractivity contribution in [2.75, 3.05) is 0 Å². The van der Waals surface area contributed by atoms with E-state index >= 15 is 0 Å². The van der Waals surface area contributed by atoms with E-state index < -0.39 is 0 Å². The molecule has 1 aromatic carbocycles. The van der Waals surface area contributed by atoms with Crippen LogP contribution < -0.4 is 0 Å². The van der Waals surface area contributed by atoms with Crippen molar-refractivity contribution in [3.05, 3.63) is 48.6 Å². The zero-order valence-electron chi connectivity index (χ0n) is 8.29. The second-order valence-electron chi connectivity index (χ2n) is 2.65. The number of carbonyl (C=O) groups is 1. The molecule has 0 aliphatic carbocycles. The molecule has 0 amide bonds. The maximum absolute atomic E-state index is 9.69. The molecule has 0 heterocycles. The third-order valence-corrected chi connectivity index (χ3v) is 1.54. The Balaban J connectivity index is 0.000000252. The summed E-state index contributed by atoms with van der Waals surface area (Å²) in [6, 6.07) is 10.5. The lowest BCUT2D eigenvalue weighted by atomic mass is 10.2. The third-order valence-electron chi connectivity index (χ3n) is 1.54. The van der Waals surface area contributed by atoms with E-state index in [0.717, 1.165) is 6.42 Å². The molecule has 0 fully saturated rings. The van der Waals surface area contributed by atoms with Crippen LogP contribution in [0.25, 0.3) is 0 Å². The van der Waals surface area contributed by atoms with Gasteiger partial charge in [-0.15, -0.1) is 0 Å². The molecule has 0 aliphatic heterocycles. The molecule has 0 saturated carbocycles. The summed E-state index contributed by atoms with van der Waals surface area (Å²) in [5.41, 5.74) is 1.41. The molecule has 0 saturated heterocycles. The highest BCUT2D eigenvalue weighted by Crippen LogP contribution is 1.96. The topological polar surface area (TPSA) is 17.1 Å². The van der Waals surface area contributed by atoms with Crippen molar-refractivity contribution in [2.24, 2.45) is 0 Å². The van der Waals surface area contributed by atoms with Crippen LogP contribution in [0.15, 0.2) is 43.0 Å². The summed E-state index contributed by atoms with van der Waals surface area (Å²) in [7, 11) is 0. The maximum Gasteiger partial charge on any atom is 0.152 e. The number of hydrogen-bond acceptors (Lipinski definition) is 1. The number of benzene rings is 1. The van der Waals surface area contributed by atoms with Crippen molar-refractivity contribution < 1.29 is 4.79 Å². The molecule has 0 spiro atoms. The molecule has 0 radical (unpaired) electrons. The van der Waals surface area contributed by atoms with Gasteiger partial charge < -0.3 is 0 Å². The molecule has 0 aliphatic rings. The summed E-state index contributed by atoms with van der Waals surface area (Å²) in [6.07, 6.45) is 2.42. The van der Waals surface area contributed by atoms with Gasteiger partial charge in [0.15, 0.2) is 5.78 Å². The molecule has 0 atom stereocenters. The molecule has 1 heteroatoms. The van der Waals surface area contributed by atoms with Crippen molar-refractivity contribution in [2.45, 2.75) is 20.3 Å². The zero-order chi connectivity index (χ0) is 10.1. The molecule has 1 aromatic rings. The van der Waals surface area contributed by atoms with Crippen molar-refractivity contribution in [1.29, 1.82) is 0 Å². The predicted molar refractivity (Wildman–Crippen MR) is 56.7 cm³/mol. The molecule has 13 heavy (non-hydrogen) atoms. The second kappa shape index (κ2) is 7.29. The minimum absolute atomic E-state index is 0.0185. The first kappa shape index (κ1) is 11.6. The first-order valence-electron chi connectivity index (χ1n) is 4.37. The fourth-order valence-corrected chi connectivity index (χ4v) is 0.714. The molecule has 70 valence electrons. The maximum atomic E-state index is 9.69. The lowest BCUT2D eigenvalue weighted by Crippen LogP contribution is -1.74. The van der Waals surface area contributed by atoms with Crippen molar-refractivity contribution in [3.63, 3.8) is 0 Å². The van der Waals surface area contributed by atoms with Crippen LogP contribution in [0.3, 0.4) is 0 Å². The van der Waals surface area contributed by atoms with E-state index in [0.29, 0.717) is 0 Å². The number of carbonyl (C=O) groups excluding carboxylic acids is 1. The smallest absolute Gasteiger partial charge is 0.152 e. The summed E-state index contributed by atoms with van der Waals surface area (Å²) >= 11 is 0. The number of aryl methyl sites for hydroxylation is 1. The van der Waals surface area contributed by atoms with E-state index in [9.17, 15) is 4.79 Å². The van der Waals surface area contributed by atoms with E-state index in [4.69, 9.17) is 0 Å². The first-order chi connectivity index (χ1) is 6.20. The second-order valence-corrected chi connectivity index (χ2v) is 2.65. The lowest BCUT2D eigenvalue weighted by Gasteiger charge is -1.89. The fourth-order valence-electron chi connectivity index (χ4n) is 0.714. The van der Waals surface area contributed by atoms with Crippen LogP contribution in [0.5, 0.6) is 0 Å². The van der Waals surface area contributed by atoms with Crippen molar-refractivity contribution >= 4 is 5.78 Å². The molecule has 1 rings (SSSR count). The molecular weight excluding hydrogens is 160 g/mol. The van der Waals surface area contributed by atoms with Crippen LogP contribution in [0.1, 0.15) is 19.4 Å². The van der Waals surface area contributed by atoms with E-state index in [2.05, 4.69) is 37.8 Å². The van der Waals surface area contributed by atoms with Gasteiger partial charge in [-0.2, -0.15) is 0 Å². The van der Waals surface area contributed by atoms with Crippen molar-refractivity contribution in [1.82, 2.24) is 0 Å². The summed E-state index contributed by atoms with van der Waals surface area (Å²) in [4.78, 5) is 9.69. The fraction of sp³-hybridized carbons (Fsp3) is 0.250. The quantitative estimate of drug-likeness (QED) is 0.633. The Morgan fingerprint density at radius 3 is 2.08 bits per heavy atom. The molecule has 1 nitrogen and oxygen atoms in total. The van der Waals surface area contributed by atoms with Gasteiger partial charge in [0.2, 0.25) is 0 Å². The van der Waals surface area contributed by atoms with Crippen LogP contribution in [0.2, 0.25) is 0 Å². The Morgan fingerprint density at radius 2 is 1.85 bits per heavy atom. The number of ketones is 1. The average molecular weight is 176 g/mol. The van der Waals surface area contributed by atoms with Gasteiger partial charge in [0.05, 0.1) is 0 Å².